The number of rotatable bonds is 2. The van der Waals surface area contributed by atoms with Gasteiger partial charge >= 0.3 is 6.09 Å². The Balaban J connectivity index is 2.70. The number of benzene rings is 1. The topological polar surface area (TPSA) is 38.3 Å². The monoisotopic (exact) mass is 321 g/mol. The molecule has 0 aliphatic carbocycles. The first-order chi connectivity index (χ1) is 9.96. The molecule has 1 N–H and O–H groups in total. The van der Waals surface area contributed by atoms with Crippen molar-refractivity contribution in [3.63, 3.8) is 0 Å². The molecule has 1 amide bonds. The smallest absolute Gasteiger partial charge is 0.407 e. The molecule has 0 saturated heterocycles. The van der Waals surface area contributed by atoms with Gasteiger partial charge in [0.15, 0.2) is 0 Å². The largest absolute Gasteiger partial charge is 0.444 e. The van der Waals surface area contributed by atoms with Gasteiger partial charge in [-0.25, -0.2) is 9.18 Å². The van der Waals surface area contributed by atoms with Gasteiger partial charge in [-0.1, -0.05) is 31.6 Å². The molecular weight excluding hydrogens is 297 g/mol. The maximum atomic E-state index is 14.0. The second-order valence-corrected chi connectivity index (χ2v) is 11.9. The summed E-state index contributed by atoms with van der Waals surface area (Å²) in [6, 6.07) is 4.81. The second kappa shape index (κ2) is 6.97. The number of alkyl carbamates (subject to hydrolysis) is 1. The van der Waals surface area contributed by atoms with E-state index in [1.807, 2.05) is 0 Å². The normalized spacial score (nSPS) is 11.4. The average molecular weight is 321 g/mol. The summed E-state index contributed by atoms with van der Waals surface area (Å²) in [5.74, 6) is 2.63. The van der Waals surface area contributed by atoms with E-state index in [1.165, 1.54) is 6.07 Å². The maximum absolute atomic E-state index is 14.0. The summed E-state index contributed by atoms with van der Waals surface area (Å²) < 4.78 is 19.1. The van der Waals surface area contributed by atoms with Crippen molar-refractivity contribution in [3.05, 3.63) is 35.1 Å². The van der Waals surface area contributed by atoms with Crippen molar-refractivity contribution in [2.24, 2.45) is 0 Å². The van der Waals surface area contributed by atoms with Gasteiger partial charge in [0.1, 0.15) is 19.5 Å². The molecule has 1 rings (SSSR count). The summed E-state index contributed by atoms with van der Waals surface area (Å²) >= 11 is 0. The lowest BCUT2D eigenvalue weighted by Crippen LogP contribution is -2.32. The molecular formula is C17H24FNO2Si. The van der Waals surface area contributed by atoms with Gasteiger partial charge in [0.25, 0.3) is 0 Å². The van der Waals surface area contributed by atoms with Crippen LogP contribution in [0.3, 0.4) is 0 Å². The van der Waals surface area contributed by atoms with Gasteiger partial charge in [-0.3, -0.25) is 0 Å². The fraction of sp³-hybridized carbons (Fsp3) is 0.471. The van der Waals surface area contributed by atoms with E-state index in [0.29, 0.717) is 11.1 Å². The lowest BCUT2D eigenvalue weighted by atomic mass is 10.1. The zero-order valence-corrected chi connectivity index (χ0v) is 15.1. The maximum Gasteiger partial charge on any atom is 0.407 e. The predicted molar refractivity (Wildman–Crippen MR) is 89.7 cm³/mol. The van der Waals surface area contributed by atoms with Crippen molar-refractivity contribution in [2.75, 3.05) is 0 Å². The molecule has 0 saturated carbocycles. The van der Waals surface area contributed by atoms with Crippen molar-refractivity contribution in [3.8, 4) is 11.5 Å². The third-order valence-electron chi connectivity index (χ3n) is 2.46. The van der Waals surface area contributed by atoms with E-state index in [2.05, 4.69) is 36.4 Å². The van der Waals surface area contributed by atoms with E-state index in [0.717, 1.165) is 0 Å². The third kappa shape index (κ3) is 7.28. The zero-order chi connectivity index (χ0) is 17.0. The van der Waals surface area contributed by atoms with Crippen LogP contribution in [-0.4, -0.2) is 19.8 Å². The standard InChI is InChI=1S/C17H24FNO2Si/c1-17(2,3)21-16(20)19-12-14-8-7-13(11-15(14)18)9-10-22(4,5)6/h7-8,11H,12H2,1-6H3,(H,19,20). The molecule has 0 heterocycles. The van der Waals surface area contributed by atoms with Crippen LogP contribution in [-0.2, 0) is 11.3 Å². The Bertz CT molecular complexity index is 604. The summed E-state index contributed by atoms with van der Waals surface area (Å²) in [5.41, 5.74) is 3.68. The van der Waals surface area contributed by atoms with Crippen molar-refractivity contribution in [1.29, 1.82) is 0 Å². The third-order valence-corrected chi connectivity index (χ3v) is 3.33. The van der Waals surface area contributed by atoms with Crippen LogP contribution in [0.15, 0.2) is 18.2 Å². The summed E-state index contributed by atoms with van der Waals surface area (Å²) in [4.78, 5) is 11.5. The molecule has 22 heavy (non-hydrogen) atoms. The van der Waals surface area contributed by atoms with Crippen LogP contribution in [0, 0.1) is 17.3 Å². The number of amides is 1. The minimum atomic E-state index is -1.48. The van der Waals surface area contributed by atoms with Gasteiger partial charge in [-0.2, -0.15) is 0 Å². The lowest BCUT2D eigenvalue weighted by Gasteiger charge is -2.19. The van der Waals surface area contributed by atoms with Crippen LogP contribution in [0.2, 0.25) is 19.6 Å². The molecule has 120 valence electrons. The fourth-order valence-corrected chi connectivity index (χ4v) is 2.03. The molecule has 1 aromatic carbocycles. The van der Waals surface area contributed by atoms with E-state index >= 15 is 0 Å². The number of carbonyl (C=O) groups is 1. The SMILES string of the molecule is CC(C)(C)OC(=O)NCc1ccc(C#C[Si](C)(C)C)cc1F. The zero-order valence-electron chi connectivity index (χ0n) is 14.1. The van der Waals surface area contributed by atoms with E-state index in [4.69, 9.17) is 4.74 Å². The van der Waals surface area contributed by atoms with Crippen LogP contribution in [0.1, 0.15) is 31.9 Å². The molecule has 5 heteroatoms. The minimum Gasteiger partial charge on any atom is -0.444 e. The highest BCUT2D eigenvalue weighted by Crippen LogP contribution is 2.11. The van der Waals surface area contributed by atoms with Crippen LogP contribution in [0.4, 0.5) is 9.18 Å². The van der Waals surface area contributed by atoms with Crippen LogP contribution in [0.25, 0.3) is 0 Å². The quantitative estimate of drug-likeness (QED) is 0.658. The van der Waals surface area contributed by atoms with Gasteiger partial charge in [-0.15, -0.1) is 5.54 Å². The summed E-state index contributed by atoms with van der Waals surface area (Å²) in [6.45, 7) is 11.8. The van der Waals surface area contributed by atoms with Crippen molar-refractivity contribution < 1.29 is 13.9 Å². The number of hydrogen-bond acceptors (Lipinski definition) is 2. The summed E-state index contributed by atoms with van der Waals surface area (Å²) in [7, 11) is -1.48. The van der Waals surface area contributed by atoms with E-state index in [9.17, 15) is 9.18 Å². The number of hydrogen-bond donors (Lipinski definition) is 1. The Morgan fingerprint density at radius 2 is 1.95 bits per heavy atom. The molecule has 0 atom stereocenters. The predicted octanol–water partition coefficient (Wildman–Crippen LogP) is 4.08. The molecule has 0 unspecified atom stereocenters. The molecule has 0 radical (unpaired) electrons. The lowest BCUT2D eigenvalue weighted by molar-refractivity contribution is 0.0523. The second-order valence-electron chi connectivity index (χ2n) is 7.16. The molecule has 0 aromatic heterocycles. The Morgan fingerprint density at radius 1 is 1.32 bits per heavy atom. The first-order valence-corrected chi connectivity index (χ1v) is 10.7. The molecule has 0 aliphatic heterocycles. The van der Waals surface area contributed by atoms with Crippen LogP contribution < -0.4 is 5.32 Å². The Kier molecular flexibility index (Phi) is 5.78. The van der Waals surface area contributed by atoms with Crippen LogP contribution in [0.5, 0.6) is 0 Å². The van der Waals surface area contributed by atoms with E-state index in [1.54, 1.807) is 32.9 Å². The average Bonchev–Trinajstić information content (AvgIpc) is 2.32. The van der Waals surface area contributed by atoms with Gasteiger partial charge < -0.3 is 10.1 Å². The molecule has 3 nitrogen and oxygen atoms in total. The highest BCUT2D eigenvalue weighted by molar-refractivity contribution is 6.83. The minimum absolute atomic E-state index is 0.0858. The van der Waals surface area contributed by atoms with Gasteiger partial charge in [0.05, 0.1) is 0 Å². The van der Waals surface area contributed by atoms with Crippen LogP contribution >= 0.6 is 0 Å². The Morgan fingerprint density at radius 3 is 2.45 bits per heavy atom. The highest BCUT2D eigenvalue weighted by Gasteiger charge is 2.16. The Hall–Kier alpha value is -1.80. The van der Waals surface area contributed by atoms with Crippen molar-refractivity contribution >= 4 is 14.2 Å². The van der Waals surface area contributed by atoms with E-state index in [-0.39, 0.29) is 12.4 Å². The number of halogens is 1. The van der Waals surface area contributed by atoms with Gasteiger partial charge in [-0.05, 0) is 32.9 Å². The number of carbonyl (C=O) groups excluding carboxylic acids is 1. The Labute approximate surface area is 133 Å². The first-order valence-electron chi connectivity index (χ1n) is 7.25. The fourth-order valence-electron chi connectivity index (χ4n) is 1.51. The number of ether oxygens (including phenoxy) is 1. The first kappa shape index (κ1) is 18.2. The molecule has 0 fully saturated rings. The molecule has 0 aliphatic rings. The molecule has 1 aromatic rings. The van der Waals surface area contributed by atoms with E-state index < -0.39 is 19.8 Å². The molecule has 0 spiro atoms. The number of nitrogens with one attached hydrogen (secondary N) is 1. The van der Waals surface area contributed by atoms with Gasteiger partial charge in [0, 0.05) is 17.7 Å². The highest BCUT2D eigenvalue weighted by atomic mass is 28.3. The summed E-state index contributed by atoms with van der Waals surface area (Å²) in [6.07, 6.45) is -0.561. The summed E-state index contributed by atoms with van der Waals surface area (Å²) in [5, 5.41) is 2.54. The van der Waals surface area contributed by atoms with Crippen molar-refractivity contribution in [2.45, 2.75) is 52.6 Å². The molecule has 0 bridgehead atoms. The van der Waals surface area contributed by atoms with Crippen molar-refractivity contribution in [1.82, 2.24) is 5.32 Å². The van der Waals surface area contributed by atoms with Gasteiger partial charge in [0.2, 0.25) is 0 Å².